The number of carbonyl (C=O) groups is 2. The molecule has 25 heavy (non-hydrogen) atoms. The quantitative estimate of drug-likeness (QED) is 0.795. The largest absolute Gasteiger partial charge is 0.452 e. The van der Waals surface area contributed by atoms with Crippen LogP contribution < -0.4 is 5.32 Å². The lowest BCUT2D eigenvalue weighted by Crippen LogP contribution is -2.46. The van der Waals surface area contributed by atoms with Crippen LogP contribution in [0.15, 0.2) is 24.3 Å². The molecule has 1 N–H and O–H groups in total. The van der Waals surface area contributed by atoms with E-state index in [1.54, 1.807) is 12.1 Å². The predicted octanol–water partition coefficient (Wildman–Crippen LogP) is 3.27. The van der Waals surface area contributed by atoms with Crippen molar-refractivity contribution in [2.45, 2.75) is 35.8 Å². The highest BCUT2D eigenvalue weighted by atomic mass is 32.2. The second-order valence-corrected chi connectivity index (χ2v) is 8.95. The number of hydrogen-bond donors (Lipinski definition) is 1. The fourth-order valence-corrected chi connectivity index (χ4v) is 5.95. The zero-order valence-electron chi connectivity index (χ0n) is 13.8. The van der Waals surface area contributed by atoms with Crippen LogP contribution in [0.2, 0.25) is 0 Å². The molecule has 1 amide bonds. The van der Waals surface area contributed by atoms with Crippen LogP contribution in [-0.2, 0) is 9.53 Å². The third-order valence-corrected chi connectivity index (χ3v) is 7.53. The number of nitrogens with one attached hydrogen (secondary N) is 1. The number of hydrogen-bond acceptors (Lipinski definition) is 6. The zero-order valence-corrected chi connectivity index (χ0v) is 15.5. The van der Waals surface area contributed by atoms with E-state index < -0.39 is 17.4 Å². The summed E-state index contributed by atoms with van der Waals surface area (Å²) >= 11 is 3.82. The second kappa shape index (κ2) is 8.15. The lowest BCUT2D eigenvalue weighted by molar-refractivity contribution is -0.125. The highest BCUT2D eigenvalue weighted by Crippen LogP contribution is 2.45. The average molecular weight is 377 g/mol. The molecule has 0 aromatic heterocycles. The van der Waals surface area contributed by atoms with Crippen LogP contribution in [0.5, 0.6) is 0 Å². The Morgan fingerprint density at radius 1 is 1.20 bits per heavy atom. The van der Waals surface area contributed by atoms with Crippen molar-refractivity contribution in [3.05, 3.63) is 35.4 Å². The smallest absolute Gasteiger partial charge is 0.338 e. The van der Waals surface area contributed by atoms with Gasteiger partial charge in [0, 0.05) is 11.5 Å². The van der Waals surface area contributed by atoms with Crippen LogP contribution in [0.1, 0.15) is 46.2 Å². The number of benzene rings is 1. The molecule has 0 atom stereocenters. The molecule has 2 fully saturated rings. The predicted molar refractivity (Wildman–Crippen MR) is 99.3 cm³/mol. The van der Waals surface area contributed by atoms with E-state index in [-0.39, 0.29) is 6.61 Å². The molecule has 0 bridgehead atoms. The van der Waals surface area contributed by atoms with Gasteiger partial charge in [0.1, 0.15) is 5.54 Å². The molecule has 5 nitrogen and oxygen atoms in total. The molecule has 1 aliphatic carbocycles. The highest BCUT2D eigenvalue weighted by molar-refractivity contribution is 8.19. The van der Waals surface area contributed by atoms with Crippen LogP contribution in [0.25, 0.3) is 0 Å². The molecule has 132 valence electrons. The van der Waals surface area contributed by atoms with Gasteiger partial charge in [-0.1, -0.05) is 12.1 Å². The third-order valence-electron chi connectivity index (χ3n) is 4.42. The van der Waals surface area contributed by atoms with Crippen molar-refractivity contribution in [3.8, 4) is 6.07 Å². The minimum absolute atomic E-state index is 0.363. The van der Waals surface area contributed by atoms with Gasteiger partial charge in [-0.15, -0.1) is 23.5 Å². The lowest BCUT2D eigenvalue weighted by atomic mass is 10.00. The van der Waals surface area contributed by atoms with Gasteiger partial charge in [0.2, 0.25) is 0 Å². The Bertz CT molecular complexity index is 673. The Hall–Kier alpha value is -1.65. The Labute approximate surface area is 155 Å². The minimum Gasteiger partial charge on any atom is -0.452 e. The maximum atomic E-state index is 12.1. The molecule has 2 aliphatic rings. The third kappa shape index (κ3) is 4.50. The molecular weight excluding hydrogens is 356 g/mol. The normalized spacial score (nSPS) is 19.3. The van der Waals surface area contributed by atoms with Crippen molar-refractivity contribution in [1.82, 2.24) is 5.32 Å². The first-order valence-corrected chi connectivity index (χ1v) is 10.4. The van der Waals surface area contributed by atoms with Crippen molar-refractivity contribution >= 4 is 35.4 Å². The van der Waals surface area contributed by atoms with Gasteiger partial charge in [0.25, 0.3) is 5.91 Å². The number of ether oxygens (including phenoxy) is 1. The molecule has 1 aromatic rings. The highest BCUT2D eigenvalue weighted by Gasteiger charge is 2.35. The molecule has 0 radical (unpaired) electrons. The first kappa shape index (κ1) is 18.2. The van der Waals surface area contributed by atoms with E-state index in [2.05, 4.69) is 11.4 Å². The number of nitriles is 1. The number of amides is 1. The number of nitrogens with zero attached hydrogens (tertiary/aromatic N) is 1. The van der Waals surface area contributed by atoms with Gasteiger partial charge in [-0.2, -0.15) is 5.26 Å². The molecule has 1 aliphatic heterocycles. The van der Waals surface area contributed by atoms with Crippen LogP contribution in [0.3, 0.4) is 0 Å². The standard InChI is InChI=1S/C18H20N2O3S2/c19-12-18(7-1-2-8-18)20-15(21)11-23-16(22)13-3-5-14(6-4-13)17-24-9-10-25-17/h3-6,17H,1-2,7-11H2,(H,20,21). The summed E-state index contributed by atoms with van der Waals surface area (Å²) in [6.45, 7) is -0.363. The fraction of sp³-hybridized carbons (Fsp3) is 0.500. The van der Waals surface area contributed by atoms with Gasteiger partial charge < -0.3 is 10.1 Å². The van der Waals surface area contributed by atoms with Crippen LogP contribution >= 0.6 is 23.5 Å². The monoisotopic (exact) mass is 376 g/mol. The first-order chi connectivity index (χ1) is 12.1. The zero-order chi connectivity index (χ0) is 17.7. The Morgan fingerprint density at radius 3 is 2.44 bits per heavy atom. The number of rotatable bonds is 5. The molecule has 1 aromatic carbocycles. The molecule has 0 spiro atoms. The van der Waals surface area contributed by atoms with Crippen molar-refractivity contribution in [2.75, 3.05) is 18.1 Å². The molecule has 3 rings (SSSR count). The van der Waals surface area contributed by atoms with E-state index in [9.17, 15) is 14.9 Å². The maximum absolute atomic E-state index is 12.1. The van der Waals surface area contributed by atoms with Crippen molar-refractivity contribution in [3.63, 3.8) is 0 Å². The summed E-state index contributed by atoms with van der Waals surface area (Å²) in [5.74, 6) is 1.36. The van der Waals surface area contributed by atoms with Gasteiger partial charge in [0.15, 0.2) is 6.61 Å². The summed E-state index contributed by atoms with van der Waals surface area (Å²) in [4.78, 5) is 24.1. The minimum atomic E-state index is -0.790. The lowest BCUT2D eigenvalue weighted by Gasteiger charge is -2.21. The van der Waals surface area contributed by atoms with Crippen molar-refractivity contribution < 1.29 is 14.3 Å². The van der Waals surface area contributed by atoms with E-state index in [0.29, 0.717) is 23.0 Å². The average Bonchev–Trinajstić information content (AvgIpc) is 3.32. The van der Waals surface area contributed by atoms with Crippen molar-refractivity contribution in [2.24, 2.45) is 0 Å². The Balaban J connectivity index is 1.50. The molecular formula is C18H20N2O3S2. The number of carbonyl (C=O) groups excluding carboxylic acids is 2. The van der Waals surface area contributed by atoms with E-state index in [1.807, 2.05) is 35.7 Å². The van der Waals surface area contributed by atoms with E-state index in [0.717, 1.165) is 24.3 Å². The van der Waals surface area contributed by atoms with Crippen molar-refractivity contribution in [1.29, 1.82) is 5.26 Å². The summed E-state index contributed by atoms with van der Waals surface area (Å²) in [6, 6.07) is 9.54. The molecule has 1 heterocycles. The SMILES string of the molecule is N#CC1(NC(=O)COC(=O)c2ccc(C3SCCS3)cc2)CCCC1. The summed E-state index contributed by atoms with van der Waals surface area (Å²) < 4.78 is 5.52. The van der Waals surface area contributed by atoms with Gasteiger partial charge in [-0.3, -0.25) is 4.79 Å². The molecule has 1 saturated heterocycles. The van der Waals surface area contributed by atoms with Gasteiger partial charge in [0.05, 0.1) is 16.2 Å². The van der Waals surface area contributed by atoms with E-state index >= 15 is 0 Å². The Morgan fingerprint density at radius 2 is 1.84 bits per heavy atom. The van der Waals surface area contributed by atoms with Gasteiger partial charge in [-0.05, 0) is 43.4 Å². The van der Waals surface area contributed by atoms with E-state index in [1.165, 1.54) is 5.56 Å². The molecule has 7 heteroatoms. The molecule has 0 unspecified atom stereocenters. The van der Waals surface area contributed by atoms with Crippen LogP contribution in [0.4, 0.5) is 0 Å². The summed E-state index contributed by atoms with van der Waals surface area (Å²) in [6.07, 6.45) is 3.17. The van der Waals surface area contributed by atoms with Gasteiger partial charge >= 0.3 is 5.97 Å². The fourth-order valence-electron chi connectivity index (χ4n) is 3.09. The second-order valence-electron chi connectivity index (χ2n) is 6.22. The Kier molecular flexibility index (Phi) is 5.92. The first-order valence-electron chi connectivity index (χ1n) is 8.34. The summed E-state index contributed by atoms with van der Waals surface area (Å²) in [5, 5.41) is 12.0. The van der Waals surface area contributed by atoms with E-state index in [4.69, 9.17) is 4.74 Å². The summed E-state index contributed by atoms with van der Waals surface area (Å²) in [7, 11) is 0. The number of thioether (sulfide) groups is 2. The topological polar surface area (TPSA) is 79.2 Å². The summed E-state index contributed by atoms with van der Waals surface area (Å²) in [5.41, 5.74) is 0.835. The molecule has 1 saturated carbocycles. The van der Waals surface area contributed by atoms with Crippen LogP contribution in [-0.4, -0.2) is 35.5 Å². The maximum Gasteiger partial charge on any atom is 0.338 e. The van der Waals surface area contributed by atoms with Crippen LogP contribution in [0, 0.1) is 11.3 Å². The van der Waals surface area contributed by atoms with Gasteiger partial charge in [-0.25, -0.2) is 4.79 Å². The number of esters is 1.